The van der Waals surface area contributed by atoms with Gasteiger partial charge in [-0.1, -0.05) is 36.4 Å². The number of pyridine rings is 1. The van der Waals surface area contributed by atoms with Gasteiger partial charge in [-0.15, -0.1) is 0 Å². The molecule has 1 aliphatic heterocycles. The maximum Gasteiger partial charge on any atom is 0.261 e. The first-order chi connectivity index (χ1) is 12.6. The first-order valence-electron chi connectivity index (χ1n) is 8.69. The molecule has 1 atom stereocenters. The Hall–Kier alpha value is -3.05. The molecule has 5 heteroatoms. The van der Waals surface area contributed by atoms with Gasteiger partial charge in [0.2, 0.25) is 0 Å². The van der Waals surface area contributed by atoms with Crippen molar-refractivity contribution in [3.05, 3.63) is 77.5 Å². The van der Waals surface area contributed by atoms with Crippen LogP contribution in [0.5, 0.6) is 0 Å². The summed E-state index contributed by atoms with van der Waals surface area (Å²) in [5.74, 6) is -0.437. The van der Waals surface area contributed by atoms with Crippen molar-refractivity contribution in [3.8, 4) is 0 Å². The Labute approximate surface area is 151 Å². The average molecular weight is 345 g/mol. The molecule has 1 N–H and O–H groups in total. The SMILES string of the molecule is CC(NCCN1C(=O)c2ccccc2C1=O)c1ccc2ccccc2n1. The number of carbonyl (C=O) groups excluding carboxylic acids is 2. The van der Waals surface area contributed by atoms with Crippen molar-refractivity contribution in [1.82, 2.24) is 15.2 Å². The lowest BCUT2D eigenvalue weighted by Gasteiger charge is -2.18. The highest BCUT2D eigenvalue weighted by molar-refractivity contribution is 6.21. The quantitative estimate of drug-likeness (QED) is 0.722. The molecule has 3 aromatic rings. The molecule has 1 aromatic heterocycles. The number of amides is 2. The molecule has 5 nitrogen and oxygen atoms in total. The molecular formula is C21H19N3O2. The van der Waals surface area contributed by atoms with E-state index in [1.165, 1.54) is 4.90 Å². The number of imide groups is 1. The summed E-state index contributed by atoms with van der Waals surface area (Å²) in [4.78, 5) is 30.7. The van der Waals surface area contributed by atoms with Crippen LogP contribution in [0.3, 0.4) is 0 Å². The minimum absolute atomic E-state index is 0.0230. The first kappa shape index (κ1) is 16.4. The predicted molar refractivity (Wildman–Crippen MR) is 100.0 cm³/mol. The average Bonchev–Trinajstić information content (AvgIpc) is 2.92. The van der Waals surface area contributed by atoms with Crippen LogP contribution in [0, 0.1) is 0 Å². The van der Waals surface area contributed by atoms with Crippen LogP contribution < -0.4 is 5.32 Å². The van der Waals surface area contributed by atoms with Crippen molar-refractivity contribution in [3.63, 3.8) is 0 Å². The normalized spacial score (nSPS) is 14.7. The summed E-state index contributed by atoms with van der Waals surface area (Å²) in [5, 5.41) is 4.46. The van der Waals surface area contributed by atoms with Gasteiger partial charge in [0.1, 0.15) is 0 Å². The molecule has 4 rings (SSSR count). The number of nitrogens with one attached hydrogen (secondary N) is 1. The van der Waals surface area contributed by atoms with E-state index < -0.39 is 0 Å². The first-order valence-corrected chi connectivity index (χ1v) is 8.69. The molecule has 0 bridgehead atoms. The predicted octanol–water partition coefficient (Wildman–Crippen LogP) is 3.18. The molecule has 0 radical (unpaired) electrons. The summed E-state index contributed by atoms with van der Waals surface area (Å²) in [6.07, 6.45) is 0. The van der Waals surface area contributed by atoms with Crippen molar-refractivity contribution in [2.45, 2.75) is 13.0 Å². The highest BCUT2D eigenvalue weighted by Gasteiger charge is 2.34. The largest absolute Gasteiger partial charge is 0.307 e. The van der Waals surface area contributed by atoms with Gasteiger partial charge in [0.15, 0.2) is 0 Å². The Bertz CT molecular complexity index is 964. The third-order valence-electron chi connectivity index (χ3n) is 4.73. The summed E-state index contributed by atoms with van der Waals surface area (Å²) in [5.41, 5.74) is 2.87. The van der Waals surface area contributed by atoms with Gasteiger partial charge in [0.05, 0.1) is 22.3 Å². The lowest BCUT2D eigenvalue weighted by atomic mass is 10.1. The van der Waals surface area contributed by atoms with Crippen LogP contribution in [-0.2, 0) is 0 Å². The topological polar surface area (TPSA) is 62.3 Å². The molecule has 0 fully saturated rings. The van der Waals surface area contributed by atoms with Crippen molar-refractivity contribution >= 4 is 22.7 Å². The molecule has 130 valence electrons. The van der Waals surface area contributed by atoms with Crippen molar-refractivity contribution in [2.24, 2.45) is 0 Å². The van der Waals surface area contributed by atoms with Crippen molar-refractivity contribution in [1.29, 1.82) is 0 Å². The van der Waals surface area contributed by atoms with Crippen LogP contribution in [0.15, 0.2) is 60.7 Å². The van der Waals surface area contributed by atoms with Gasteiger partial charge in [-0.3, -0.25) is 19.5 Å². The summed E-state index contributed by atoms with van der Waals surface area (Å²) < 4.78 is 0. The van der Waals surface area contributed by atoms with E-state index in [4.69, 9.17) is 0 Å². The molecule has 1 unspecified atom stereocenters. The van der Waals surface area contributed by atoms with Crippen molar-refractivity contribution in [2.75, 3.05) is 13.1 Å². The van der Waals surface area contributed by atoms with E-state index in [9.17, 15) is 9.59 Å². The van der Waals surface area contributed by atoms with Crippen LogP contribution in [0.25, 0.3) is 10.9 Å². The maximum atomic E-state index is 12.4. The number of hydrogen-bond acceptors (Lipinski definition) is 4. The number of benzene rings is 2. The number of aromatic nitrogens is 1. The molecule has 2 aromatic carbocycles. The fourth-order valence-electron chi connectivity index (χ4n) is 3.26. The van der Waals surface area contributed by atoms with E-state index in [1.807, 2.05) is 37.3 Å². The van der Waals surface area contributed by atoms with Gasteiger partial charge >= 0.3 is 0 Å². The molecule has 26 heavy (non-hydrogen) atoms. The fraction of sp³-hybridized carbons (Fsp3) is 0.190. The summed E-state index contributed by atoms with van der Waals surface area (Å²) in [6.45, 7) is 2.88. The van der Waals surface area contributed by atoms with Gasteiger partial charge in [-0.25, -0.2) is 0 Å². The molecule has 2 heterocycles. The van der Waals surface area contributed by atoms with Crippen LogP contribution >= 0.6 is 0 Å². The number of rotatable bonds is 5. The lowest BCUT2D eigenvalue weighted by molar-refractivity contribution is 0.0654. The molecule has 0 saturated carbocycles. The smallest absolute Gasteiger partial charge is 0.261 e. The van der Waals surface area contributed by atoms with E-state index in [0.29, 0.717) is 24.2 Å². The monoisotopic (exact) mass is 345 g/mol. The van der Waals surface area contributed by atoms with Gasteiger partial charge in [-0.05, 0) is 31.2 Å². The summed E-state index contributed by atoms with van der Waals surface area (Å²) in [6, 6.07) is 19.0. The number of carbonyl (C=O) groups is 2. The van der Waals surface area contributed by atoms with Crippen LogP contribution in [0.1, 0.15) is 39.4 Å². The molecule has 2 amide bonds. The number of nitrogens with zero attached hydrogens (tertiary/aromatic N) is 2. The van der Waals surface area contributed by atoms with Gasteiger partial charge in [-0.2, -0.15) is 0 Å². The van der Waals surface area contributed by atoms with Gasteiger partial charge < -0.3 is 5.32 Å². The Kier molecular flexibility index (Phi) is 4.22. The van der Waals surface area contributed by atoms with Crippen molar-refractivity contribution < 1.29 is 9.59 Å². The molecular weight excluding hydrogens is 326 g/mol. The highest BCUT2D eigenvalue weighted by Crippen LogP contribution is 2.22. The Balaban J connectivity index is 1.40. The zero-order chi connectivity index (χ0) is 18.1. The molecule has 0 spiro atoms. The second kappa shape index (κ2) is 6.69. The van der Waals surface area contributed by atoms with E-state index in [-0.39, 0.29) is 17.9 Å². The summed E-state index contributed by atoms with van der Waals surface area (Å²) in [7, 11) is 0. The molecule has 1 aliphatic rings. The maximum absolute atomic E-state index is 12.4. The van der Waals surface area contributed by atoms with E-state index in [1.54, 1.807) is 24.3 Å². The molecule has 0 saturated heterocycles. The third kappa shape index (κ3) is 2.86. The second-order valence-electron chi connectivity index (χ2n) is 6.41. The third-order valence-corrected chi connectivity index (χ3v) is 4.73. The standard InChI is InChI=1S/C21H19N3O2/c1-14(18-11-10-15-6-2-5-9-19(15)23-18)22-12-13-24-20(25)16-7-3-4-8-17(16)21(24)26/h2-11,14,22H,12-13H2,1H3. The minimum Gasteiger partial charge on any atom is -0.307 e. The van der Waals surface area contributed by atoms with Crippen LogP contribution in [-0.4, -0.2) is 34.8 Å². The summed E-state index contributed by atoms with van der Waals surface area (Å²) >= 11 is 0. The van der Waals surface area contributed by atoms with E-state index in [2.05, 4.69) is 16.4 Å². The van der Waals surface area contributed by atoms with Crippen LogP contribution in [0.2, 0.25) is 0 Å². The zero-order valence-corrected chi connectivity index (χ0v) is 14.5. The number of fused-ring (bicyclic) bond motifs is 2. The molecule has 0 aliphatic carbocycles. The fourth-order valence-corrected chi connectivity index (χ4v) is 3.26. The zero-order valence-electron chi connectivity index (χ0n) is 14.5. The Morgan fingerprint density at radius 3 is 2.31 bits per heavy atom. The number of para-hydroxylation sites is 1. The van der Waals surface area contributed by atoms with Crippen LogP contribution in [0.4, 0.5) is 0 Å². The highest BCUT2D eigenvalue weighted by atomic mass is 16.2. The van der Waals surface area contributed by atoms with E-state index >= 15 is 0 Å². The number of hydrogen-bond donors (Lipinski definition) is 1. The van der Waals surface area contributed by atoms with E-state index in [0.717, 1.165) is 16.6 Å². The lowest BCUT2D eigenvalue weighted by Crippen LogP contribution is -2.37. The Morgan fingerprint density at radius 2 is 1.58 bits per heavy atom. The Morgan fingerprint density at radius 1 is 0.923 bits per heavy atom. The second-order valence-corrected chi connectivity index (χ2v) is 6.41. The van der Waals surface area contributed by atoms with Gasteiger partial charge in [0, 0.05) is 24.5 Å². The minimum atomic E-state index is -0.219. The van der Waals surface area contributed by atoms with Gasteiger partial charge in [0.25, 0.3) is 11.8 Å².